The lowest BCUT2D eigenvalue weighted by molar-refractivity contribution is -0.134. The van der Waals surface area contributed by atoms with Gasteiger partial charge in [0.05, 0.1) is 0 Å². The number of rotatable bonds is 4. The van der Waals surface area contributed by atoms with Crippen molar-refractivity contribution in [3.63, 3.8) is 0 Å². The van der Waals surface area contributed by atoms with Crippen LogP contribution in [0.1, 0.15) is 26.7 Å². The molecular formula is C12H16O2. The van der Waals surface area contributed by atoms with Crippen molar-refractivity contribution in [2.24, 2.45) is 5.92 Å². The Morgan fingerprint density at radius 1 is 1.29 bits per heavy atom. The van der Waals surface area contributed by atoms with Crippen LogP contribution in [-0.2, 0) is 4.79 Å². The standard InChI is InChI=1S/C12H16O2/c1-10(2)8-9-12(13)14-11-6-4-3-5-7-11/h3-7,10H,8-9H2,1-2H3. The molecular weight excluding hydrogens is 176 g/mol. The molecule has 0 heterocycles. The van der Waals surface area contributed by atoms with Gasteiger partial charge in [-0.2, -0.15) is 0 Å². The van der Waals surface area contributed by atoms with Crippen molar-refractivity contribution in [1.82, 2.24) is 0 Å². The summed E-state index contributed by atoms with van der Waals surface area (Å²) in [4.78, 5) is 11.3. The highest BCUT2D eigenvalue weighted by Gasteiger charge is 2.05. The van der Waals surface area contributed by atoms with E-state index in [1.807, 2.05) is 18.2 Å². The summed E-state index contributed by atoms with van der Waals surface area (Å²) < 4.78 is 5.13. The van der Waals surface area contributed by atoms with E-state index in [1.165, 1.54) is 0 Å². The Balaban J connectivity index is 2.35. The summed E-state index contributed by atoms with van der Waals surface area (Å²) in [6.07, 6.45) is 1.37. The Labute approximate surface area is 84.9 Å². The van der Waals surface area contributed by atoms with E-state index in [0.29, 0.717) is 18.1 Å². The topological polar surface area (TPSA) is 26.3 Å². The zero-order chi connectivity index (χ0) is 10.4. The first-order valence-corrected chi connectivity index (χ1v) is 4.94. The normalized spacial score (nSPS) is 10.2. The highest BCUT2D eigenvalue weighted by Crippen LogP contribution is 2.11. The molecule has 76 valence electrons. The van der Waals surface area contributed by atoms with Gasteiger partial charge in [0.15, 0.2) is 0 Å². The molecule has 2 heteroatoms. The van der Waals surface area contributed by atoms with Gasteiger partial charge in [-0.3, -0.25) is 4.79 Å². The molecule has 0 saturated carbocycles. The number of ether oxygens (including phenoxy) is 1. The van der Waals surface area contributed by atoms with Crippen LogP contribution in [0.15, 0.2) is 30.3 Å². The molecule has 0 amide bonds. The van der Waals surface area contributed by atoms with Crippen LogP contribution in [0.25, 0.3) is 0 Å². The Hall–Kier alpha value is -1.31. The number of esters is 1. The maximum Gasteiger partial charge on any atom is 0.311 e. The molecule has 1 rings (SSSR count). The number of para-hydroxylation sites is 1. The summed E-state index contributed by atoms with van der Waals surface area (Å²) in [5, 5.41) is 0. The molecule has 0 aliphatic rings. The van der Waals surface area contributed by atoms with E-state index in [-0.39, 0.29) is 5.97 Å². The maximum absolute atomic E-state index is 11.3. The van der Waals surface area contributed by atoms with E-state index < -0.39 is 0 Å². The first-order valence-electron chi connectivity index (χ1n) is 4.94. The average Bonchev–Trinajstić information content (AvgIpc) is 2.16. The molecule has 0 radical (unpaired) electrons. The highest BCUT2D eigenvalue weighted by atomic mass is 16.5. The van der Waals surface area contributed by atoms with E-state index in [2.05, 4.69) is 13.8 Å². The summed E-state index contributed by atoms with van der Waals surface area (Å²) in [5.41, 5.74) is 0. The average molecular weight is 192 g/mol. The Morgan fingerprint density at radius 2 is 1.93 bits per heavy atom. The van der Waals surface area contributed by atoms with Crippen LogP contribution < -0.4 is 4.74 Å². The monoisotopic (exact) mass is 192 g/mol. The first kappa shape index (κ1) is 10.8. The van der Waals surface area contributed by atoms with Crippen molar-refractivity contribution in [2.45, 2.75) is 26.7 Å². The van der Waals surface area contributed by atoms with Crippen LogP contribution in [0.3, 0.4) is 0 Å². The van der Waals surface area contributed by atoms with Gasteiger partial charge in [-0.1, -0.05) is 32.0 Å². The third-order valence-corrected chi connectivity index (χ3v) is 1.90. The third-order valence-electron chi connectivity index (χ3n) is 1.90. The van der Waals surface area contributed by atoms with Crippen molar-refractivity contribution in [1.29, 1.82) is 0 Å². The summed E-state index contributed by atoms with van der Waals surface area (Å²) >= 11 is 0. The van der Waals surface area contributed by atoms with E-state index in [1.54, 1.807) is 12.1 Å². The minimum Gasteiger partial charge on any atom is -0.427 e. The second-order valence-corrected chi connectivity index (χ2v) is 3.72. The van der Waals surface area contributed by atoms with Crippen LogP contribution in [0.5, 0.6) is 5.75 Å². The highest BCUT2D eigenvalue weighted by molar-refractivity contribution is 5.72. The molecule has 1 aromatic carbocycles. The van der Waals surface area contributed by atoms with E-state index >= 15 is 0 Å². The number of carbonyl (C=O) groups is 1. The Kier molecular flexibility index (Phi) is 4.17. The fourth-order valence-corrected chi connectivity index (χ4v) is 1.08. The van der Waals surface area contributed by atoms with Crippen molar-refractivity contribution in [3.05, 3.63) is 30.3 Å². The van der Waals surface area contributed by atoms with Crippen LogP contribution in [0.4, 0.5) is 0 Å². The van der Waals surface area contributed by atoms with Crippen molar-refractivity contribution >= 4 is 5.97 Å². The molecule has 14 heavy (non-hydrogen) atoms. The smallest absolute Gasteiger partial charge is 0.311 e. The molecule has 0 unspecified atom stereocenters. The van der Waals surface area contributed by atoms with Gasteiger partial charge in [0.25, 0.3) is 0 Å². The molecule has 0 saturated heterocycles. The summed E-state index contributed by atoms with van der Waals surface area (Å²) in [5.74, 6) is 1.02. The summed E-state index contributed by atoms with van der Waals surface area (Å²) in [6.45, 7) is 4.19. The summed E-state index contributed by atoms with van der Waals surface area (Å²) in [6, 6.07) is 9.17. The van der Waals surface area contributed by atoms with Crippen LogP contribution >= 0.6 is 0 Å². The lowest BCUT2D eigenvalue weighted by Gasteiger charge is -2.05. The molecule has 1 aromatic rings. The lowest BCUT2D eigenvalue weighted by Crippen LogP contribution is -2.08. The molecule has 0 bridgehead atoms. The molecule has 0 aromatic heterocycles. The van der Waals surface area contributed by atoms with E-state index in [4.69, 9.17) is 4.74 Å². The summed E-state index contributed by atoms with van der Waals surface area (Å²) in [7, 11) is 0. The van der Waals surface area contributed by atoms with Gasteiger partial charge < -0.3 is 4.74 Å². The van der Waals surface area contributed by atoms with Gasteiger partial charge in [0.2, 0.25) is 0 Å². The van der Waals surface area contributed by atoms with Crippen LogP contribution in [0.2, 0.25) is 0 Å². The van der Waals surface area contributed by atoms with Gasteiger partial charge in [0, 0.05) is 6.42 Å². The van der Waals surface area contributed by atoms with Crippen molar-refractivity contribution in [2.75, 3.05) is 0 Å². The molecule has 0 fully saturated rings. The molecule has 2 nitrogen and oxygen atoms in total. The van der Waals surface area contributed by atoms with Gasteiger partial charge in [0.1, 0.15) is 5.75 Å². The second kappa shape index (κ2) is 5.43. The van der Waals surface area contributed by atoms with E-state index in [9.17, 15) is 4.79 Å². The minimum atomic E-state index is -0.148. The van der Waals surface area contributed by atoms with Crippen molar-refractivity contribution in [3.8, 4) is 5.75 Å². The predicted molar refractivity (Wildman–Crippen MR) is 56.1 cm³/mol. The minimum absolute atomic E-state index is 0.148. The fraction of sp³-hybridized carbons (Fsp3) is 0.417. The van der Waals surface area contributed by atoms with Gasteiger partial charge >= 0.3 is 5.97 Å². The van der Waals surface area contributed by atoms with Crippen LogP contribution in [-0.4, -0.2) is 5.97 Å². The fourth-order valence-electron chi connectivity index (χ4n) is 1.08. The molecule has 0 aliphatic heterocycles. The lowest BCUT2D eigenvalue weighted by atomic mass is 10.1. The van der Waals surface area contributed by atoms with Gasteiger partial charge in [-0.15, -0.1) is 0 Å². The first-order chi connectivity index (χ1) is 6.68. The molecule has 0 N–H and O–H groups in total. The van der Waals surface area contributed by atoms with Crippen molar-refractivity contribution < 1.29 is 9.53 Å². The van der Waals surface area contributed by atoms with Crippen LogP contribution in [0, 0.1) is 5.92 Å². The zero-order valence-electron chi connectivity index (χ0n) is 8.69. The number of benzene rings is 1. The number of hydrogen-bond donors (Lipinski definition) is 0. The molecule has 0 atom stereocenters. The Morgan fingerprint density at radius 3 is 2.50 bits per heavy atom. The Bertz CT molecular complexity index is 278. The maximum atomic E-state index is 11.3. The third kappa shape index (κ3) is 4.08. The molecule has 0 spiro atoms. The largest absolute Gasteiger partial charge is 0.427 e. The molecule has 0 aliphatic carbocycles. The number of carbonyl (C=O) groups excluding carboxylic acids is 1. The predicted octanol–water partition coefficient (Wildman–Crippen LogP) is 3.03. The zero-order valence-corrected chi connectivity index (χ0v) is 8.69. The van der Waals surface area contributed by atoms with Gasteiger partial charge in [-0.25, -0.2) is 0 Å². The van der Waals surface area contributed by atoms with E-state index in [0.717, 1.165) is 6.42 Å². The quantitative estimate of drug-likeness (QED) is 0.541. The second-order valence-electron chi connectivity index (χ2n) is 3.72. The SMILES string of the molecule is CC(C)CCC(=O)Oc1ccccc1. The number of hydrogen-bond acceptors (Lipinski definition) is 2. The van der Waals surface area contributed by atoms with Gasteiger partial charge in [-0.05, 0) is 24.5 Å².